The maximum absolute atomic E-state index is 11.8. The summed E-state index contributed by atoms with van der Waals surface area (Å²) in [7, 11) is 6.93. The molecule has 7 heteroatoms. The second kappa shape index (κ2) is 9.78. The molecule has 1 aromatic heterocycles. The van der Waals surface area contributed by atoms with Gasteiger partial charge in [0.1, 0.15) is 12.4 Å². The highest BCUT2D eigenvalue weighted by atomic mass is 16.5. The van der Waals surface area contributed by atoms with Crippen LogP contribution >= 0.6 is 0 Å². The molecule has 1 unspecified atom stereocenters. The van der Waals surface area contributed by atoms with E-state index in [1.54, 1.807) is 32.2 Å². The minimum atomic E-state index is -0.104. The van der Waals surface area contributed by atoms with Gasteiger partial charge < -0.3 is 14.4 Å². The number of amides is 1. The summed E-state index contributed by atoms with van der Waals surface area (Å²) in [5.74, 6) is 0.963. The third-order valence-electron chi connectivity index (χ3n) is 3.23. The number of carbonyl (C=O) groups excluding carboxylic acids is 1. The smallest absolute Gasteiger partial charge is 0.236 e. The maximum Gasteiger partial charge on any atom is 0.236 e. The highest BCUT2D eigenvalue weighted by Gasteiger charge is 2.17. The third-order valence-corrected chi connectivity index (χ3v) is 3.23. The van der Waals surface area contributed by atoms with Gasteiger partial charge in [-0.2, -0.15) is 0 Å². The number of nitrogens with zero attached hydrogens (tertiary/aromatic N) is 4. The Morgan fingerprint density at radius 1 is 1.35 bits per heavy atom. The minimum Gasteiger partial charge on any atom is -0.481 e. The molecule has 0 spiro atoms. The number of hydrogen-bond donors (Lipinski definition) is 0. The van der Waals surface area contributed by atoms with E-state index >= 15 is 0 Å². The molecule has 7 nitrogen and oxygen atoms in total. The summed E-state index contributed by atoms with van der Waals surface area (Å²) >= 11 is 0. The molecule has 0 N–H and O–H groups in total. The first-order chi connectivity index (χ1) is 11.0. The number of aromatic nitrogens is 2. The van der Waals surface area contributed by atoms with Crippen LogP contribution in [0.2, 0.25) is 0 Å². The second-order valence-corrected chi connectivity index (χ2v) is 5.49. The van der Waals surface area contributed by atoms with E-state index in [9.17, 15) is 4.79 Å². The number of rotatable bonds is 10. The molecule has 0 aliphatic carbocycles. The number of hydrogen-bond acceptors (Lipinski definition) is 6. The van der Waals surface area contributed by atoms with Crippen molar-refractivity contribution >= 4 is 5.91 Å². The number of carbonyl (C=O) groups is 1. The van der Waals surface area contributed by atoms with E-state index in [1.165, 1.54) is 6.33 Å². The highest BCUT2D eigenvalue weighted by Crippen LogP contribution is 2.16. The van der Waals surface area contributed by atoms with Gasteiger partial charge in [-0.1, -0.05) is 6.08 Å². The summed E-state index contributed by atoms with van der Waals surface area (Å²) in [5, 5.41) is 0. The molecule has 0 radical (unpaired) electrons. The van der Waals surface area contributed by atoms with E-state index in [2.05, 4.69) is 16.5 Å². The highest BCUT2D eigenvalue weighted by molar-refractivity contribution is 5.77. The van der Waals surface area contributed by atoms with Crippen LogP contribution in [-0.2, 0) is 4.79 Å². The molecule has 23 heavy (non-hydrogen) atoms. The Morgan fingerprint density at radius 2 is 2.04 bits per heavy atom. The Hall–Kier alpha value is -2.15. The van der Waals surface area contributed by atoms with Gasteiger partial charge in [0.25, 0.3) is 0 Å². The molecule has 128 valence electrons. The zero-order valence-electron chi connectivity index (χ0n) is 14.4. The van der Waals surface area contributed by atoms with E-state index in [0.717, 1.165) is 12.8 Å². The van der Waals surface area contributed by atoms with Crippen LogP contribution in [0.1, 0.15) is 12.8 Å². The largest absolute Gasteiger partial charge is 0.481 e. The molecule has 0 aromatic carbocycles. The zero-order valence-corrected chi connectivity index (χ0v) is 14.4. The van der Waals surface area contributed by atoms with E-state index in [-0.39, 0.29) is 12.0 Å². The normalized spacial score (nSPS) is 11.9. The molecule has 1 rings (SSSR count). The lowest BCUT2D eigenvalue weighted by molar-refractivity contribution is -0.129. The third kappa shape index (κ3) is 7.10. The number of ether oxygens (including phenoxy) is 2. The number of likely N-dealkylation sites (N-methyl/N-ethyl adjacent to an activating group) is 2. The fourth-order valence-corrected chi connectivity index (χ4v) is 1.95. The van der Waals surface area contributed by atoms with Crippen molar-refractivity contribution in [2.45, 2.75) is 18.9 Å². The Kier molecular flexibility index (Phi) is 8.04. The fourth-order valence-electron chi connectivity index (χ4n) is 1.95. The van der Waals surface area contributed by atoms with Gasteiger partial charge >= 0.3 is 0 Å². The van der Waals surface area contributed by atoms with Gasteiger partial charge in [-0.15, -0.1) is 6.58 Å². The molecule has 0 bridgehead atoms. The molecule has 0 aliphatic heterocycles. The molecule has 1 amide bonds. The number of methoxy groups -OCH3 is 1. The van der Waals surface area contributed by atoms with E-state index < -0.39 is 0 Å². The summed E-state index contributed by atoms with van der Waals surface area (Å²) in [5.41, 5.74) is 0. The van der Waals surface area contributed by atoms with Crippen LogP contribution < -0.4 is 9.47 Å². The van der Waals surface area contributed by atoms with Crippen molar-refractivity contribution in [3.05, 3.63) is 25.0 Å². The Labute approximate surface area is 137 Å². The van der Waals surface area contributed by atoms with Crippen LogP contribution in [0, 0.1) is 0 Å². The van der Waals surface area contributed by atoms with Crippen molar-refractivity contribution in [3.8, 4) is 11.8 Å². The van der Waals surface area contributed by atoms with E-state index in [4.69, 9.17) is 9.47 Å². The van der Waals surface area contributed by atoms with Crippen molar-refractivity contribution in [2.24, 2.45) is 0 Å². The topological polar surface area (TPSA) is 67.8 Å². The van der Waals surface area contributed by atoms with Crippen molar-refractivity contribution in [3.63, 3.8) is 0 Å². The van der Waals surface area contributed by atoms with Crippen LogP contribution in [0.4, 0.5) is 0 Å². The van der Waals surface area contributed by atoms with Crippen molar-refractivity contribution in [1.82, 2.24) is 19.8 Å². The Balaban J connectivity index is 2.67. The molecule has 1 aromatic rings. The molecule has 1 heterocycles. The van der Waals surface area contributed by atoms with Gasteiger partial charge in [0.15, 0.2) is 0 Å². The van der Waals surface area contributed by atoms with Gasteiger partial charge in [0.05, 0.1) is 19.7 Å². The predicted octanol–water partition coefficient (Wildman–Crippen LogP) is 1.22. The van der Waals surface area contributed by atoms with E-state index in [1.807, 2.05) is 18.0 Å². The van der Waals surface area contributed by atoms with Crippen LogP contribution in [-0.4, -0.2) is 73.1 Å². The molecular weight excluding hydrogens is 296 g/mol. The van der Waals surface area contributed by atoms with Gasteiger partial charge in [-0.3, -0.25) is 9.69 Å². The van der Waals surface area contributed by atoms with Gasteiger partial charge in [-0.25, -0.2) is 9.97 Å². The first-order valence-electron chi connectivity index (χ1n) is 7.48. The summed E-state index contributed by atoms with van der Waals surface area (Å²) in [6, 6.07) is 1.64. The Bertz CT molecular complexity index is 508. The maximum atomic E-state index is 11.8. The zero-order chi connectivity index (χ0) is 17.2. The van der Waals surface area contributed by atoms with Crippen molar-refractivity contribution in [1.29, 1.82) is 0 Å². The van der Waals surface area contributed by atoms with Crippen molar-refractivity contribution in [2.75, 3.05) is 41.3 Å². The molecule has 0 aliphatic rings. The summed E-state index contributed by atoms with van der Waals surface area (Å²) < 4.78 is 11.0. The summed E-state index contributed by atoms with van der Waals surface area (Å²) in [6.45, 7) is 4.69. The van der Waals surface area contributed by atoms with Crippen LogP contribution in [0.25, 0.3) is 0 Å². The fraction of sp³-hybridized carbons (Fsp3) is 0.562. The molecule has 0 saturated heterocycles. The molecule has 0 fully saturated rings. The molecule has 1 atom stereocenters. The monoisotopic (exact) mass is 322 g/mol. The second-order valence-electron chi connectivity index (χ2n) is 5.49. The number of allylic oxidation sites excluding steroid dienone is 1. The molecule has 0 saturated carbocycles. The average Bonchev–Trinajstić information content (AvgIpc) is 2.52. The standard InChI is InChI=1S/C16H26N4O3/c1-6-7-8-13(10-20(4)11-16(21)19(2)3)23-15-9-14(22-5)17-12-18-15/h6,9,12-13H,1,7-8,10-11H2,2-5H3. The van der Waals surface area contributed by atoms with E-state index in [0.29, 0.717) is 24.8 Å². The van der Waals surface area contributed by atoms with Crippen LogP contribution in [0.3, 0.4) is 0 Å². The Morgan fingerprint density at radius 3 is 2.65 bits per heavy atom. The SMILES string of the molecule is C=CCCC(CN(C)CC(=O)N(C)C)Oc1cc(OC)ncn1. The van der Waals surface area contributed by atoms with Crippen LogP contribution in [0.15, 0.2) is 25.0 Å². The quantitative estimate of drug-likeness (QED) is 0.603. The first kappa shape index (κ1) is 18.9. The first-order valence-corrected chi connectivity index (χ1v) is 7.48. The molecular formula is C16H26N4O3. The lowest BCUT2D eigenvalue weighted by Crippen LogP contribution is -2.39. The van der Waals surface area contributed by atoms with Crippen molar-refractivity contribution < 1.29 is 14.3 Å². The lowest BCUT2D eigenvalue weighted by atomic mass is 10.2. The van der Waals surface area contributed by atoms with Crippen LogP contribution in [0.5, 0.6) is 11.8 Å². The summed E-state index contributed by atoms with van der Waals surface area (Å²) in [6.07, 6.45) is 4.76. The van der Waals surface area contributed by atoms with Gasteiger partial charge in [0.2, 0.25) is 17.7 Å². The summed E-state index contributed by atoms with van der Waals surface area (Å²) in [4.78, 5) is 23.4. The average molecular weight is 322 g/mol. The van der Waals surface area contributed by atoms with Gasteiger partial charge in [-0.05, 0) is 19.9 Å². The minimum absolute atomic E-state index is 0.0543. The lowest BCUT2D eigenvalue weighted by Gasteiger charge is -2.25. The predicted molar refractivity (Wildman–Crippen MR) is 88.6 cm³/mol. The van der Waals surface area contributed by atoms with Gasteiger partial charge in [0, 0.05) is 20.6 Å².